The molecule has 1 heterocycles. The molecule has 2 aromatic rings. The molecule has 3 nitrogen and oxygen atoms in total. The van der Waals surface area contributed by atoms with E-state index in [1.807, 2.05) is 31.3 Å². The standard InChI is InChI=1S/C13H16N2O/c1-3-8-15(2)13(16)11-9-14-12-7-5-4-6-10(11)12/h4-7,9,14H,3,8H2,1-2H3. The highest BCUT2D eigenvalue weighted by molar-refractivity contribution is 6.06. The molecule has 0 aliphatic rings. The number of aromatic amines is 1. The van der Waals surface area contributed by atoms with E-state index in [2.05, 4.69) is 11.9 Å². The van der Waals surface area contributed by atoms with Crippen LogP contribution in [0.2, 0.25) is 0 Å². The number of carbonyl (C=O) groups excluding carboxylic acids is 1. The van der Waals surface area contributed by atoms with Crippen LogP contribution in [-0.4, -0.2) is 29.4 Å². The summed E-state index contributed by atoms with van der Waals surface area (Å²) in [7, 11) is 1.84. The van der Waals surface area contributed by atoms with E-state index < -0.39 is 0 Å². The van der Waals surface area contributed by atoms with Crippen molar-refractivity contribution in [3.05, 3.63) is 36.0 Å². The van der Waals surface area contributed by atoms with Crippen LogP contribution in [-0.2, 0) is 0 Å². The molecule has 16 heavy (non-hydrogen) atoms. The molecule has 0 spiro atoms. The molecule has 3 heteroatoms. The number of benzene rings is 1. The van der Waals surface area contributed by atoms with E-state index in [0.717, 1.165) is 29.4 Å². The van der Waals surface area contributed by atoms with E-state index in [1.165, 1.54) is 0 Å². The lowest BCUT2D eigenvalue weighted by Crippen LogP contribution is -2.27. The SMILES string of the molecule is CCCN(C)C(=O)c1c[nH]c2ccccc12. The van der Waals surface area contributed by atoms with E-state index in [0.29, 0.717) is 0 Å². The Morgan fingerprint density at radius 1 is 1.38 bits per heavy atom. The number of nitrogens with one attached hydrogen (secondary N) is 1. The number of aromatic nitrogens is 1. The summed E-state index contributed by atoms with van der Waals surface area (Å²) < 4.78 is 0. The number of hydrogen-bond donors (Lipinski definition) is 1. The lowest BCUT2D eigenvalue weighted by Gasteiger charge is -2.15. The number of amides is 1. The molecule has 0 saturated carbocycles. The number of fused-ring (bicyclic) bond motifs is 1. The number of rotatable bonds is 3. The Balaban J connectivity index is 2.36. The first-order valence-electron chi connectivity index (χ1n) is 5.55. The first kappa shape index (κ1) is 10.7. The normalized spacial score (nSPS) is 10.6. The van der Waals surface area contributed by atoms with Gasteiger partial charge in [-0.25, -0.2) is 0 Å². The number of nitrogens with zero attached hydrogens (tertiary/aromatic N) is 1. The predicted molar refractivity (Wildman–Crippen MR) is 65.6 cm³/mol. The maximum Gasteiger partial charge on any atom is 0.255 e. The molecule has 0 atom stereocenters. The van der Waals surface area contributed by atoms with Crippen LogP contribution in [0.5, 0.6) is 0 Å². The first-order valence-corrected chi connectivity index (χ1v) is 5.55. The molecular formula is C13H16N2O. The summed E-state index contributed by atoms with van der Waals surface area (Å²) in [5, 5.41) is 0.996. The van der Waals surface area contributed by atoms with E-state index >= 15 is 0 Å². The molecule has 1 amide bonds. The molecule has 84 valence electrons. The van der Waals surface area contributed by atoms with Gasteiger partial charge < -0.3 is 9.88 Å². The average molecular weight is 216 g/mol. The van der Waals surface area contributed by atoms with E-state index in [4.69, 9.17) is 0 Å². The van der Waals surface area contributed by atoms with E-state index in [1.54, 1.807) is 11.1 Å². The van der Waals surface area contributed by atoms with Gasteiger partial charge in [-0.3, -0.25) is 4.79 Å². The number of H-pyrrole nitrogens is 1. The van der Waals surface area contributed by atoms with Crippen LogP contribution in [0.4, 0.5) is 0 Å². The second kappa shape index (κ2) is 4.39. The van der Waals surface area contributed by atoms with Crippen LogP contribution in [0.1, 0.15) is 23.7 Å². The van der Waals surface area contributed by atoms with Gasteiger partial charge in [-0.05, 0) is 12.5 Å². The molecule has 0 saturated heterocycles. The van der Waals surface area contributed by atoms with Gasteiger partial charge in [-0.15, -0.1) is 0 Å². The second-order valence-electron chi connectivity index (χ2n) is 3.97. The third kappa shape index (κ3) is 1.81. The van der Waals surface area contributed by atoms with Crippen molar-refractivity contribution in [3.8, 4) is 0 Å². The Morgan fingerprint density at radius 3 is 2.88 bits per heavy atom. The maximum atomic E-state index is 12.1. The minimum atomic E-state index is 0.0827. The van der Waals surface area contributed by atoms with E-state index in [-0.39, 0.29) is 5.91 Å². The molecule has 0 aliphatic carbocycles. The van der Waals surface area contributed by atoms with Gasteiger partial charge in [0.15, 0.2) is 0 Å². The van der Waals surface area contributed by atoms with E-state index in [9.17, 15) is 4.79 Å². The van der Waals surface area contributed by atoms with Crippen LogP contribution < -0.4 is 0 Å². The predicted octanol–water partition coefficient (Wildman–Crippen LogP) is 2.65. The van der Waals surface area contributed by atoms with Gasteiger partial charge in [-0.2, -0.15) is 0 Å². The molecule has 0 unspecified atom stereocenters. The maximum absolute atomic E-state index is 12.1. The van der Waals surface area contributed by atoms with Gasteiger partial charge in [0.2, 0.25) is 0 Å². The Morgan fingerprint density at radius 2 is 2.12 bits per heavy atom. The van der Waals surface area contributed by atoms with Crippen LogP contribution in [0.25, 0.3) is 10.9 Å². The number of para-hydroxylation sites is 1. The zero-order valence-corrected chi connectivity index (χ0v) is 9.66. The van der Waals surface area contributed by atoms with Crippen molar-refractivity contribution in [2.45, 2.75) is 13.3 Å². The molecule has 1 aromatic carbocycles. The molecular weight excluding hydrogens is 200 g/mol. The summed E-state index contributed by atoms with van der Waals surface area (Å²) in [4.78, 5) is 17.0. The fourth-order valence-corrected chi connectivity index (χ4v) is 1.89. The minimum absolute atomic E-state index is 0.0827. The summed E-state index contributed by atoms with van der Waals surface area (Å²) in [5.41, 5.74) is 1.77. The monoisotopic (exact) mass is 216 g/mol. The molecule has 0 aliphatic heterocycles. The van der Waals surface area contributed by atoms with Gasteiger partial charge in [-0.1, -0.05) is 25.1 Å². The Bertz CT molecular complexity index is 501. The quantitative estimate of drug-likeness (QED) is 0.841. The topological polar surface area (TPSA) is 36.1 Å². The Labute approximate surface area is 95.1 Å². The Hall–Kier alpha value is -1.77. The fourth-order valence-electron chi connectivity index (χ4n) is 1.89. The molecule has 0 bridgehead atoms. The van der Waals surface area contributed by atoms with Crippen LogP contribution >= 0.6 is 0 Å². The van der Waals surface area contributed by atoms with Crippen molar-refractivity contribution in [3.63, 3.8) is 0 Å². The molecule has 1 N–H and O–H groups in total. The zero-order chi connectivity index (χ0) is 11.5. The Kier molecular flexibility index (Phi) is 2.95. The van der Waals surface area contributed by atoms with Gasteiger partial charge in [0, 0.05) is 30.7 Å². The third-order valence-corrected chi connectivity index (χ3v) is 2.73. The van der Waals surface area contributed by atoms with Gasteiger partial charge in [0.25, 0.3) is 5.91 Å². The molecule has 0 radical (unpaired) electrons. The third-order valence-electron chi connectivity index (χ3n) is 2.73. The van der Waals surface area contributed by atoms with Crippen molar-refractivity contribution in [1.29, 1.82) is 0 Å². The lowest BCUT2D eigenvalue weighted by molar-refractivity contribution is 0.0797. The summed E-state index contributed by atoms with van der Waals surface area (Å²) in [6, 6.07) is 7.86. The van der Waals surface area contributed by atoms with Gasteiger partial charge in [0.05, 0.1) is 5.56 Å². The summed E-state index contributed by atoms with van der Waals surface area (Å²) in [5.74, 6) is 0.0827. The molecule has 0 fully saturated rings. The highest BCUT2D eigenvalue weighted by atomic mass is 16.2. The molecule has 1 aromatic heterocycles. The zero-order valence-electron chi connectivity index (χ0n) is 9.66. The van der Waals surface area contributed by atoms with Crippen molar-refractivity contribution in [2.24, 2.45) is 0 Å². The van der Waals surface area contributed by atoms with Crippen molar-refractivity contribution < 1.29 is 4.79 Å². The van der Waals surface area contributed by atoms with Crippen LogP contribution in [0.15, 0.2) is 30.5 Å². The second-order valence-corrected chi connectivity index (χ2v) is 3.97. The first-order chi connectivity index (χ1) is 7.74. The van der Waals surface area contributed by atoms with Crippen LogP contribution in [0, 0.1) is 0 Å². The van der Waals surface area contributed by atoms with Gasteiger partial charge in [0.1, 0.15) is 0 Å². The number of hydrogen-bond acceptors (Lipinski definition) is 1. The van der Waals surface area contributed by atoms with Crippen molar-refractivity contribution in [1.82, 2.24) is 9.88 Å². The fraction of sp³-hybridized carbons (Fsp3) is 0.308. The highest BCUT2D eigenvalue weighted by Gasteiger charge is 2.14. The van der Waals surface area contributed by atoms with Gasteiger partial charge >= 0.3 is 0 Å². The largest absolute Gasteiger partial charge is 0.360 e. The average Bonchev–Trinajstić information content (AvgIpc) is 2.72. The van der Waals surface area contributed by atoms with Crippen LogP contribution in [0.3, 0.4) is 0 Å². The summed E-state index contributed by atoms with van der Waals surface area (Å²) in [6.45, 7) is 2.86. The van der Waals surface area contributed by atoms with Crippen molar-refractivity contribution in [2.75, 3.05) is 13.6 Å². The smallest absolute Gasteiger partial charge is 0.255 e. The number of carbonyl (C=O) groups is 1. The highest BCUT2D eigenvalue weighted by Crippen LogP contribution is 2.18. The molecule has 2 rings (SSSR count). The lowest BCUT2D eigenvalue weighted by atomic mass is 10.1. The summed E-state index contributed by atoms with van der Waals surface area (Å²) >= 11 is 0. The summed E-state index contributed by atoms with van der Waals surface area (Å²) in [6.07, 6.45) is 2.77. The van der Waals surface area contributed by atoms with Crippen molar-refractivity contribution >= 4 is 16.8 Å². The minimum Gasteiger partial charge on any atom is -0.360 e.